The first-order valence-electron chi connectivity index (χ1n) is 12.3. The number of benzene rings is 3. The quantitative estimate of drug-likeness (QED) is 0.299. The fourth-order valence-electron chi connectivity index (χ4n) is 4.89. The lowest BCUT2D eigenvalue weighted by atomic mass is 9.87. The molecule has 4 aromatic rings. The van der Waals surface area contributed by atoms with E-state index in [1.807, 2.05) is 53.4 Å². The molecule has 1 amide bonds. The third-order valence-corrected chi connectivity index (χ3v) is 7.80. The van der Waals surface area contributed by atoms with E-state index in [0.717, 1.165) is 63.2 Å². The summed E-state index contributed by atoms with van der Waals surface area (Å²) in [4.78, 5) is 23.7. The Bertz CT molecular complexity index is 1330. The van der Waals surface area contributed by atoms with Gasteiger partial charge in [0.2, 0.25) is 5.91 Å². The van der Waals surface area contributed by atoms with Crippen LogP contribution in [0.5, 0.6) is 11.5 Å². The van der Waals surface area contributed by atoms with Crippen molar-refractivity contribution in [2.45, 2.75) is 33.6 Å². The number of carbonyl (C=O) groups excluding carboxylic acids is 1. The number of ether oxygens (including phenoxy) is 1. The summed E-state index contributed by atoms with van der Waals surface area (Å²) in [5.41, 5.74) is 5.12. The van der Waals surface area contributed by atoms with Crippen LogP contribution in [0.4, 0.5) is 5.13 Å². The summed E-state index contributed by atoms with van der Waals surface area (Å²) < 4.78 is 7.28. The molecular formula is C29H31N3O2S. The zero-order valence-corrected chi connectivity index (χ0v) is 21.6. The maximum Gasteiger partial charge on any atom is 0.241 e. The maximum atomic E-state index is 14.5. The fraction of sp³-hybridized carbons (Fsp3) is 0.310. The molecule has 1 aromatic heterocycles. The van der Waals surface area contributed by atoms with Crippen LogP contribution < -0.4 is 9.64 Å². The Balaban J connectivity index is 1.61. The molecule has 1 aliphatic rings. The van der Waals surface area contributed by atoms with Crippen molar-refractivity contribution in [3.63, 3.8) is 0 Å². The monoisotopic (exact) mass is 485 g/mol. The van der Waals surface area contributed by atoms with Crippen LogP contribution in [0, 0.1) is 13.8 Å². The van der Waals surface area contributed by atoms with Crippen LogP contribution in [0.2, 0.25) is 0 Å². The van der Waals surface area contributed by atoms with Crippen LogP contribution in [0.1, 0.15) is 42.0 Å². The number of anilines is 1. The van der Waals surface area contributed by atoms with Crippen molar-refractivity contribution < 1.29 is 9.53 Å². The number of amides is 1. The maximum absolute atomic E-state index is 14.5. The van der Waals surface area contributed by atoms with Gasteiger partial charge in [0.15, 0.2) is 5.13 Å². The largest absolute Gasteiger partial charge is 0.457 e. The summed E-state index contributed by atoms with van der Waals surface area (Å²) in [6.07, 6.45) is 0. The third-order valence-electron chi connectivity index (χ3n) is 6.78. The molecule has 0 saturated heterocycles. The van der Waals surface area contributed by atoms with Crippen LogP contribution in [-0.2, 0) is 4.79 Å². The number of para-hydroxylation sites is 2. The average molecular weight is 486 g/mol. The Morgan fingerprint density at radius 2 is 1.57 bits per heavy atom. The number of likely N-dealkylation sites (N-methyl/N-ethyl adjacent to an activating group) is 1. The van der Waals surface area contributed by atoms with Gasteiger partial charge in [-0.2, -0.15) is 0 Å². The molecule has 35 heavy (non-hydrogen) atoms. The number of carbonyl (C=O) groups is 1. The van der Waals surface area contributed by atoms with Crippen molar-refractivity contribution >= 4 is 32.6 Å². The van der Waals surface area contributed by atoms with E-state index in [2.05, 4.69) is 44.7 Å². The molecule has 0 unspecified atom stereocenters. The van der Waals surface area contributed by atoms with Gasteiger partial charge in [-0.3, -0.25) is 9.69 Å². The molecule has 1 aliphatic heterocycles. The van der Waals surface area contributed by atoms with Crippen molar-refractivity contribution in [3.8, 4) is 11.5 Å². The Morgan fingerprint density at radius 1 is 0.943 bits per heavy atom. The summed E-state index contributed by atoms with van der Waals surface area (Å²) in [6.45, 7) is 11.8. The molecule has 2 heterocycles. The summed E-state index contributed by atoms with van der Waals surface area (Å²) in [6, 6.07) is 20.0. The number of hydrogen-bond acceptors (Lipinski definition) is 5. The average Bonchev–Trinajstić information content (AvgIpc) is 3.29. The zero-order chi connectivity index (χ0) is 24.5. The van der Waals surface area contributed by atoms with E-state index in [9.17, 15) is 4.79 Å². The number of nitrogens with zero attached hydrogens (tertiary/aromatic N) is 3. The predicted molar refractivity (Wildman–Crippen MR) is 144 cm³/mol. The van der Waals surface area contributed by atoms with Crippen LogP contribution in [-0.4, -0.2) is 42.0 Å². The molecule has 180 valence electrons. The highest BCUT2D eigenvalue weighted by molar-refractivity contribution is 7.22. The summed E-state index contributed by atoms with van der Waals surface area (Å²) in [5, 5.41) is 0.757. The van der Waals surface area contributed by atoms with Gasteiger partial charge in [0.05, 0.1) is 16.1 Å². The van der Waals surface area contributed by atoms with Crippen molar-refractivity contribution in [2.24, 2.45) is 0 Å². The second-order valence-electron chi connectivity index (χ2n) is 9.05. The van der Waals surface area contributed by atoms with Gasteiger partial charge in [0.25, 0.3) is 0 Å². The molecule has 0 spiro atoms. The lowest BCUT2D eigenvalue weighted by Crippen LogP contribution is -2.42. The van der Waals surface area contributed by atoms with Gasteiger partial charge in [0, 0.05) is 24.2 Å². The number of aryl methyl sites for hydroxylation is 2. The minimum atomic E-state index is -0.442. The normalized spacial score (nSPS) is 12.9. The van der Waals surface area contributed by atoms with Crippen molar-refractivity contribution in [2.75, 3.05) is 31.1 Å². The van der Waals surface area contributed by atoms with E-state index < -0.39 is 5.92 Å². The number of fused-ring (bicyclic) bond motifs is 3. The first-order chi connectivity index (χ1) is 17.0. The highest BCUT2D eigenvalue weighted by Gasteiger charge is 2.36. The topological polar surface area (TPSA) is 45.7 Å². The number of aromatic nitrogens is 1. The molecule has 3 aromatic carbocycles. The van der Waals surface area contributed by atoms with Crippen LogP contribution in [0.25, 0.3) is 10.2 Å². The van der Waals surface area contributed by atoms with Crippen LogP contribution >= 0.6 is 11.3 Å². The lowest BCUT2D eigenvalue weighted by Gasteiger charge is -2.32. The van der Waals surface area contributed by atoms with Gasteiger partial charge >= 0.3 is 0 Å². The smallest absolute Gasteiger partial charge is 0.241 e. The van der Waals surface area contributed by atoms with Crippen LogP contribution in [0.15, 0.2) is 60.7 Å². The van der Waals surface area contributed by atoms with Gasteiger partial charge in [-0.05, 0) is 56.3 Å². The molecule has 5 rings (SSSR count). The second-order valence-corrected chi connectivity index (χ2v) is 10.1. The minimum absolute atomic E-state index is 0.0359. The van der Waals surface area contributed by atoms with Crippen molar-refractivity contribution in [1.82, 2.24) is 9.88 Å². The summed E-state index contributed by atoms with van der Waals surface area (Å²) >= 11 is 1.60. The first kappa shape index (κ1) is 23.5. The van der Waals surface area contributed by atoms with E-state index in [-0.39, 0.29) is 5.91 Å². The van der Waals surface area contributed by atoms with Crippen molar-refractivity contribution in [1.29, 1.82) is 0 Å². The Kier molecular flexibility index (Phi) is 6.58. The molecule has 0 saturated carbocycles. The van der Waals surface area contributed by atoms with Gasteiger partial charge in [-0.1, -0.05) is 67.6 Å². The Hall–Kier alpha value is -3.22. The Morgan fingerprint density at radius 3 is 2.20 bits per heavy atom. The predicted octanol–water partition coefficient (Wildman–Crippen LogP) is 6.53. The van der Waals surface area contributed by atoms with E-state index >= 15 is 0 Å². The summed E-state index contributed by atoms with van der Waals surface area (Å²) in [7, 11) is 0. The number of hydrogen-bond donors (Lipinski definition) is 0. The molecule has 0 radical (unpaired) electrons. The highest BCUT2D eigenvalue weighted by Crippen LogP contribution is 2.45. The number of rotatable bonds is 7. The third kappa shape index (κ3) is 4.44. The molecule has 5 nitrogen and oxygen atoms in total. The molecule has 0 fully saturated rings. The van der Waals surface area contributed by atoms with E-state index in [4.69, 9.17) is 9.72 Å². The van der Waals surface area contributed by atoms with Gasteiger partial charge in [-0.15, -0.1) is 0 Å². The lowest BCUT2D eigenvalue weighted by molar-refractivity contribution is -0.119. The molecule has 0 atom stereocenters. The van der Waals surface area contributed by atoms with E-state index in [0.29, 0.717) is 6.54 Å². The second kappa shape index (κ2) is 9.80. The SMILES string of the molecule is CCN(CC)CCN(C(=O)C1c2ccccc2Oc2ccccc21)c1nc2c(C)cc(C)cc2s1. The standard InChI is InChI=1S/C29H31N3O2S/c1-5-31(6-2)15-16-32(29-30-27-20(4)17-19(3)18-25(27)35-29)28(33)26-21-11-7-9-13-23(21)34-24-14-10-8-12-22(24)26/h7-14,17-18,26H,5-6,15-16H2,1-4H3. The highest BCUT2D eigenvalue weighted by atomic mass is 32.1. The van der Waals surface area contributed by atoms with Gasteiger partial charge in [0.1, 0.15) is 11.5 Å². The van der Waals surface area contributed by atoms with Gasteiger partial charge < -0.3 is 9.64 Å². The number of thiazole rings is 1. The molecule has 0 aliphatic carbocycles. The molecule has 0 N–H and O–H groups in total. The minimum Gasteiger partial charge on any atom is -0.457 e. The molecule has 6 heteroatoms. The van der Waals surface area contributed by atoms with E-state index in [1.54, 1.807) is 11.3 Å². The fourth-order valence-corrected chi connectivity index (χ4v) is 6.06. The Labute approximate surface area is 211 Å². The van der Waals surface area contributed by atoms with E-state index in [1.165, 1.54) is 5.56 Å². The summed E-state index contributed by atoms with van der Waals surface area (Å²) in [5.74, 6) is 1.07. The zero-order valence-electron chi connectivity index (χ0n) is 20.7. The van der Waals surface area contributed by atoms with Crippen LogP contribution in [0.3, 0.4) is 0 Å². The van der Waals surface area contributed by atoms with Gasteiger partial charge in [-0.25, -0.2) is 4.98 Å². The molecular weight excluding hydrogens is 454 g/mol. The first-order valence-corrected chi connectivity index (χ1v) is 13.1. The molecule has 0 bridgehead atoms. The van der Waals surface area contributed by atoms with Crippen molar-refractivity contribution in [3.05, 3.63) is 82.9 Å².